The van der Waals surface area contributed by atoms with E-state index in [1.807, 2.05) is 0 Å². The second-order valence-corrected chi connectivity index (χ2v) is 4.14. The number of rotatable bonds is 4. The number of hydrogen-bond donors (Lipinski definition) is 2. The van der Waals surface area contributed by atoms with Crippen molar-refractivity contribution in [3.8, 4) is 0 Å². The number of nitrogens with two attached hydrogens (primary N) is 1. The standard InChI is InChI=1S/C10H15IN2/c1-8-9(11)4-2-5-10(8)13-7-3-6-12/h2,4-5,13H,3,6-7,12H2,1H3. The maximum Gasteiger partial charge on any atom is 0.0380 e. The molecule has 0 aliphatic carbocycles. The van der Waals surface area contributed by atoms with Crippen LogP contribution >= 0.6 is 22.6 Å². The van der Waals surface area contributed by atoms with E-state index in [0.29, 0.717) is 0 Å². The molecule has 0 heterocycles. The topological polar surface area (TPSA) is 38.0 Å². The van der Waals surface area contributed by atoms with Gasteiger partial charge in [-0.25, -0.2) is 0 Å². The van der Waals surface area contributed by atoms with Crippen molar-refractivity contribution in [1.82, 2.24) is 0 Å². The number of nitrogens with one attached hydrogen (secondary N) is 1. The van der Waals surface area contributed by atoms with E-state index in [4.69, 9.17) is 5.73 Å². The van der Waals surface area contributed by atoms with Gasteiger partial charge in [-0.2, -0.15) is 0 Å². The molecule has 0 fully saturated rings. The summed E-state index contributed by atoms with van der Waals surface area (Å²) in [7, 11) is 0. The van der Waals surface area contributed by atoms with E-state index in [2.05, 4.69) is 53.0 Å². The molecular weight excluding hydrogens is 275 g/mol. The van der Waals surface area contributed by atoms with Gasteiger partial charge in [0.05, 0.1) is 0 Å². The molecule has 3 heteroatoms. The molecule has 1 aromatic rings. The van der Waals surface area contributed by atoms with Crippen LogP contribution in [0.1, 0.15) is 12.0 Å². The molecule has 2 nitrogen and oxygen atoms in total. The fraction of sp³-hybridized carbons (Fsp3) is 0.400. The fourth-order valence-electron chi connectivity index (χ4n) is 1.12. The van der Waals surface area contributed by atoms with Crippen LogP contribution in [-0.2, 0) is 0 Å². The largest absolute Gasteiger partial charge is 0.385 e. The van der Waals surface area contributed by atoms with Crippen molar-refractivity contribution in [3.05, 3.63) is 27.3 Å². The van der Waals surface area contributed by atoms with Crippen LogP contribution in [0.2, 0.25) is 0 Å². The van der Waals surface area contributed by atoms with Crippen molar-refractivity contribution in [2.75, 3.05) is 18.4 Å². The van der Waals surface area contributed by atoms with Crippen molar-refractivity contribution < 1.29 is 0 Å². The molecule has 0 saturated carbocycles. The van der Waals surface area contributed by atoms with Gasteiger partial charge in [-0.3, -0.25) is 0 Å². The summed E-state index contributed by atoms with van der Waals surface area (Å²) >= 11 is 2.35. The first kappa shape index (κ1) is 10.8. The Hall–Kier alpha value is -0.290. The van der Waals surface area contributed by atoms with Gasteiger partial charge in [0, 0.05) is 15.8 Å². The van der Waals surface area contributed by atoms with E-state index in [-0.39, 0.29) is 0 Å². The van der Waals surface area contributed by atoms with Crippen LogP contribution in [0.4, 0.5) is 5.69 Å². The lowest BCUT2D eigenvalue weighted by Gasteiger charge is -2.09. The van der Waals surface area contributed by atoms with Gasteiger partial charge in [-0.15, -0.1) is 0 Å². The molecule has 13 heavy (non-hydrogen) atoms. The average Bonchev–Trinajstić information content (AvgIpc) is 2.13. The molecule has 0 aromatic heterocycles. The van der Waals surface area contributed by atoms with Crippen molar-refractivity contribution in [2.45, 2.75) is 13.3 Å². The van der Waals surface area contributed by atoms with Crippen LogP contribution in [0.5, 0.6) is 0 Å². The number of halogens is 1. The Balaban J connectivity index is 2.61. The summed E-state index contributed by atoms with van der Waals surface area (Å²) in [5, 5.41) is 3.37. The van der Waals surface area contributed by atoms with Crippen molar-refractivity contribution >= 4 is 28.3 Å². The molecule has 0 amide bonds. The number of hydrogen-bond acceptors (Lipinski definition) is 2. The summed E-state index contributed by atoms with van der Waals surface area (Å²) in [5.74, 6) is 0. The summed E-state index contributed by atoms with van der Waals surface area (Å²) in [6.45, 7) is 3.83. The Morgan fingerprint density at radius 1 is 1.46 bits per heavy atom. The molecule has 0 spiro atoms. The summed E-state index contributed by atoms with van der Waals surface area (Å²) in [5.41, 5.74) is 7.96. The third-order valence-corrected chi connectivity index (χ3v) is 3.13. The molecule has 1 rings (SSSR count). The highest BCUT2D eigenvalue weighted by atomic mass is 127. The molecule has 0 saturated heterocycles. The van der Waals surface area contributed by atoms with E-state index < -0.39 is 0 Å². The molecule has 0 aliphatic rings. The SMILES string of the molecule is Cc1c(I)cccc1NCCCN. The lowest BCUT2D eigenvalue weighted by Crippen LogP contribution is -2.09. The Kier molecular flexibility index (Phi) is 4.52. The monoisotopic (exact) mass is 290 g/mol. The number of anilines is 1. The molecule has 0 aliphatic heterocycles. The lowest BCUT2D eigenvalue weighted by atomic mass is 10.2. The zero-order chi connectivity index (χ0) is 9.68. The highest BCUT2D eigenvalue weighted by Crippen LogP contribution is 2.19. The second kappa shape index (κ2) is 5.44. The first-order chi connectivity index (χ1) is 6.25. The summed E-state index contributed by atoms with van der Waals surface area (Å²) < 4.78 is 1.30. The molecule has 0 atom stereocenters. The van der Waals surface area contributed by atoms with Gasteiger partial charge >= 0.3 is 0 Å². The van der Waals surface area contributed by atoms with Crippen LogP contribution in [0.3, 0.4) is 0 Å². The van der Waals surface area contributed by atoms with Gasteiger partial charge < -0.3 is 11.1 Å². The third kappa shape index (κ3) is 3.15. The van der Waals surface area contributed by atoms with Crippen LogP contribution in [0, 0.1) is 10.5 Å². The maximum absolute atomic E-state index is 5.42. The van der Waals surface area contributed by atoms with Crippen LogP contribution < -0.4 is 11.1 Å². The summed E-state index contributed by atoms with van der Waals surface area (Å²) in [6, 6.07) is 6.29. The Morgan fingerprint density at radius 3 is 2.92 bits per heavy atom. The Labute approximate surface area is 93.0 Å². The molecule has 1 aromatic carbocycles. The van der Waals surface area contributed by atoms with Gasteiger partial charge in [0.2, 0.25) is 0 Å². The van der Waals surface area contributed by atoms with Gasteiger partial charge in [0.25, 0.3) is 0 Å². The molecule has 72 valence electrons. The fourth-order valence-corrected chi connectivity index (χ4v) is 1.62. The summed E-state index contributed by atoms with van der Waals surface area (Å²) in [4.78, 5) is 0. The van der Waals surface area contributed by atoms with Crippen molar-refractivity contribution in [1.29, 1.82) is 0 Å². The minimum absolute atomic E-state index is 0.746. The zero-order valence-corrected chi connectivity index (χ0v) is 9.97. The summed E-state index contributed by atoms with van der Waals surface area (Å²) in [6.07, 6.45) is 1.02. The highest BCUT2D eigenvalue weighted by molar-refractivity contribution is 14.1. The van der Waals surface area contributed by atoms with Crippen molar-refractivity contribution in [2.24, 2.45) is 5.73 Å². The Bertz CT molecular complexity index is 274. The molecule has 0 bridgehead atoms. The third-order valence-electron chi connectivity index (χ3n) is 1.96. The maximum atomic E-state index is 5.42. The zero-order valence-electron chi connectivity index (χ0n) is 7.81. The van der Waals surface area contributed by atoms with Gasteiger partial charge in [-0.1, -0.05) is 6.07 Å². The number of benzene rings is 1. The lowest BCUT2D eigenvalue weighted by molar-refractivity contribution is 0.873. The first-order valence-corrected chi connectivity index (χ1v) is 5.52. The minimum Gasteiger partial charge on any atom is -0.385 e. The van der Waals surface area contributed by atoms with Crippen LogP contribution in [-0.4, -0.2) is 13.1 Å². The first-order valence-electron chi connectivity index (χ1n) is 4.44. The van der Waals surface area contributed by atoms with Gasteiger partial charge in [-0.05, 0) is 60.2 Å². The van der Waals surface area contributed by atoms with Crippen molar-refractivity contribution in [3.63, 3.8) is 0 Å². The second-order valence-electron chi connectivity index (χ2n) is 2.98. The molecule has 0 radical (unpaired) electrons. The normalized spacial score (nSPS) is 10.1. The average molecular weight is 290 g/mol. The smallest absolute Gasteiger partial charge is 0.0380 e. The van der Waals surface area contributed by atoms with E-state index in [1.54, 1.807) is 0 Å². The van der Waals surface area contributed by atoms with Gasteiger partial charge in [0.15, 0.2) is 0 Å². The van der Waals surface area contributed by atoms with E-state index in [1.165, 1.54) is 14.8 Å². The van der Waals surface area contributed by atoms with Crippen LogP contribution in [0.25, 0.3) is 0 Å². The molecule has 3 N–H and O–H groups in total. The highest BCUT2D eigenvalue weighted by Gasteiger charge is 1.99. The predicted molar refractivity (Wildman–Crippen MR) is 66.1 cm³/mol. The van der Waals surface area contributed by atoms with E-state index in [9.17, 15) is 0 Å². The molecular formula is C10H15IN2. The predicted octanol–water partition coefficient (Wildman–Crippen LogP) is 2.36. The molecule has 0 unspecified atom stereocenters. The quantitative estimate of drug-likeness (QED) is 0.660. The Morgan fingerprint density at radius 2 is 2.23 bits per heavy atom. The van der Waals surface area contributed by atoms with Gasteiger partial charge in [0.1, 0.15) is 0 Å². The van der Waals surface area contributed by atoms with E-state index in [0.717, 1.165) is 19.5 Å². The minimum atomic E-state index is 0.746. The van der Waals surface area contributed by atoms with E-state index >= 15 is 0 Å². The van der Waals surface area contributed by atoms with Crippen LogP contribution in [0.15, 0.2) is 18.2 Å².